The van der Waals surface area contributed by atoms with Crippen LogP contribution in [0, 0.1) is 12.8 Å². The third kappa shape index (κ3) is 3.10. The Hall–Kier alpha value is -1.60. The van der Waals surface area contributed by atoms with Gasteiger partial charge in [-0.2, -0.15) is 0 Å². The zero-order valence-electron chi connectivity index (χ0n) is 11.3. The number of hydrogen-bond donors (Lipinski definition) is 3. The monoisotopic (exact) mass is 297 g/mol. The Morgan fingerprint density at radius 3 is 2.85 bits per heavy atom. The highest BCUT2D eigenvalue weighted by Gasteiger charge is 2.33. The van der Waals surface area contributed by atoms with Crippen LogP contribution >= 0.6 is 0 Å². The van der Waals surface area contributed by atoms with Crippen LogP contribution in [0.5, 0.6) is 0 Å². The number of nitrogens with zero attached hydrogens (tertiary/aromatic N) is 1. The predicted molar refractivity (Wildman–Crippen MR) is 76.0 cm³/mol. The number of oxime groups is 1. The smallest absolute Gasteiger partial charge is 0.240 e. The van der Waals surface area contributed by atoms with E-state index in [0.29, 0.717) is 6.42 Å². The number of aryl methyl sites for hydroxylation is 1. The molecule has 2 atom stereocenters. The van der Waals surface area contributed by atoms with Gasteiger partial charge in [0.25, 0.3) is 0 Å². The van der Waals surface area contributed by atoms with Crippen molar-refractivity contribution in [3.63, 3.8) is 0 Å². The van der Waals surface area contributed by atoms with E-state index in [0.717, 1.165) is 18.4 Å². The van der Waals surface area contributed by atoms with Crippen molar-refractivity contribution < 1.29 is 13.6 Å². The van der Waals surface area contributed by atoms with E-state index in [9.17, 15) is 8.42 Å². The van der Waals surface area contributed by atoms with E-state index in [2.05, 4.69) is 9.88 Å². The minimum atomic E-state index is -3.58. The SMILES string of the molecule is Cc1cccc(S(=O)(=O)NC2CCCC2C(N)=NO)c1. The average molecular weight is 297 g/mol. The molecule has 0 saturated heterocycles. The Balaban J connectivity index is 2.20. The van der Waals surface area contributed by atoms with Crippen molar-refractivity contribution in [2.24, 2.45) is 16.8 Å². The number of amidine groups is 1. The van der Waals surface area contributed by atoms with Crippen LogP contribution in [0.1, 0.15) is 24.8 Å². The molecule has 2 rings (SSSR count). The molecule has 1 saturated carbocycles. The summed E-state index contributed by atoms with van der Waals surface area (Å²) >= 11 is 0. The van der Waals surface area contributed by atoms with Crippen molar-refractivity contribution >= 4 is 15.9 Å². The molecule has 0 bridgehead atoms. The second-order valence-corrected chi connectivity index (χ2v) is 6.82. The molecule has 0 radical (unpaired) electrons. The van der Waals surface area contributed by atoms with Crippen LogP contribution in [0.3, 0.4) is 0 Å². The maximum Gasteiger partial charge on any atom is 0.240 e. The van der Waals surface area contributed by atoms with Crippen molar-refractivity contribution in [1.29, 1.82) is 0 Å². The number of rotatable bonds is 4. The molecule has 1 fully saturated rings. The number of hydrogen-bond acceptors (Lipinski definition) is 4. The van der Waals surface area contributed by atoms with Gasteiger partial charge in [0.2, 0.25) is 10.0 Å². The average Bonchev–Trinajstić information content (AvgIpc) is 2.85. The Labute approximate surface area is 118 Å². The highest BCUT2D eigenvalue weighted by molar-refractivity contribution is 7.89. The topological polar surface area (TPSA) is 105 Å². The van der Waals surface area contributed by atoms with E-state index in [1.165, 1.54) is 0 Å². The molecule has 0 aliphatic heterocycles. The summed E-state index contributed by atoms with van der Waals surface area (Å²) in [7, 11) is -3.58. The summed E-state index contributed by atoms with van der Waals surface area (Å²) in [6.45, 7) is 1.84. The first-order valence-electron chi connectivity index (χ1n) is 6.50. The molecule has 20 heavy (non-hydrogen) atoms. The third-order valence-corrected chi connectivity index (χ3v) is 5.11. The van der Waals surface area contributed by atoms with Crippen molar-refractivity contribution in [2.45, 2.75) is 37.1 Å². The molecule has 1 aromatic rings. The first kappa shape index (κ1) is 14.8. The second kappa shape index (κ2) is 5.80. The van der Waals surface area contributed by atoms with Crippen LogP contribution in [0.2, 0.25) is 0 Å². The van der Waals surface area contributed by atoms with Gasteiger partial charge in [0.05, 0.1) is 4.90 Å². The molecular formula is C13H19N3O3S. The lowest BCUT2D eigenvalue weighted by molar-refractivity contribution is 0.312. The van der Waals surface area contributed by atoms with Crippen LogP contribution < -0.4 is 10.5 Å². The van der Waals surface area contributed by atoms with E-state index in [4.69, 9.17) is 10.9 Å². The minimum absolute atomic E-state index is 0.0828. The van der Waals surface area contributed by atoms with Crippen molar-refractivity contribution in [3.05, 3.63) is 29.8 Å². The van der Waals surface area contributed by atoms with Crippen LogP contribution in [0.25, 0.3) is 0 Å². The van der Waals surface area contributed by atoms with E-state index < -0.39 is 10.0 Å². The van der Waals surface area contributed by atoms with Gasteiger partial charge >= 0.3 is 0 Å². The van der Waals surface area contributed by atoms with Gasteiger partial charge in [0, 0.05) is 12.0 Å². The number of benzene rings is 1. The fourth-order valence-corrected chi connectivity index (χ4v) is 3.99. The molecule has 0 heterocycles. The standard InChI is InChI=1S/C13H19N3O3S/c1-9-4-2-5-10(8-9)20(18,19)16-12-7-3-6-11(12)13(14)15-17/h2,4-5,8,11-12,16-17H,3,6-7H2,1H3,(H2,14,15). The largest absolute Gasteiger partial charge is 0.409 e. The van der Waals surface area contributed by atoms with Gasteiger partial charge in [-0.1, -0.05) is 23.7 Å². The van der Waals surface area contributed by atoms with Crippen molar-refractivity contribution in [1.82, 2.24) is 4.72 Å². The summed E-state index contributed by atoms with van der Waals surface area (Å²) in [5.41, 5.74) is 6.50. The molecule has 0 amide bonds. The third-order valence-electron chi connectivity index (χ3n) is 3.62. The maximum atomic E-state index is 12.3. The zero-order valence-corrected chi connectivity index (χ0v) is 12.1. The summed E-state index contributed by atoms with van der Waals surface area (Å²) in [6.07, 6.45) is 2.25. The van der Waals surface area contributed by atoms with E-state index in [1.807, 2.05) is 13.0 Å². The lowest BCUT2D eigenvalue weighted by Crippen LogP contribution is -2.42. The molecule has 6 nitrogen and oxygen atoms in total. The lowest BCUT2D eigenvalue weighted by Gasteiger charge is -2.19. The Morgan fingerprint density at radius 2 is 2.20 bits per heavy atom. The number of sulfonamides is 1. The van der Waals surface area contributed by atoms with Crippen molar-refractivity contribution in [2.75, 3.05) is 0 Å². The molecule has 0 spiro atoms. The van der Waals surface area contributed by atoms with Gasteiger partial charge in [-0.25, -0.2) is 13.1 Å². The van der Waals surface area contributed by atoms with Crippen LogP contribution in [-0.2, 0) is 10.0 Å². The molecule has 1 aliphatic rings. The van der Waals surface area contributed by atoms with E-state index in [1.54, 1.807) is 18.2 Å². The molecule has 1 aliphatic carbocycles. The molecule has 0 aromatic heterocycles. The fraction of sp³-hybridized carbons (Fsp3) is 0.462. The molecule has 110 valence electrons. The van der Waals surface area contributed by atoms with Gasteiger partial charge in [-0.05, 0) is 37.5 Å². The van der Waals surface area contributed by atoms with Gasteiger partial charge in [-0.3, -0.25) is 0 Å². The highest BCUT2D eigenvalue weighted by Crippen LogP contribution is 2.27. The van der Waals surface area contributed by atoms with Gasteiger partial charge in [-0.15, -0.1) is 0 Å². The lowest BCUT2D eigenvalue weighted by atomic mass is 10.0. The molecule has 2 unspecified atom stereocenters. The van der Waals surface area contributed by atoms with Crippen molar-refractivity contribution in [3.8, 4) is 0 Å². The van der Waals surface area contributed by atoms with Gasteiger partial charge in [0.15, 0.2) is 0 Å². The Kier molecular flexibility index (Phi) is 4.29. The molecular weight excluding hydrogens is 278 g/mol. The fourth-order valence-electron chi connectivity index (χ4n) is 2.58. The quantitative estimate of drug-likeness (QED) is 0.336. The Bertz CT molecular complexity index is 613. The van der Waals surface area contributed by atoms with E-state index in [-0.39, 0.29) is 22.7 Å². The van der Waals surface area contributed by atoms with Gasteiger partial charge < -0.3 is 10.9 Å². The first-order valence-corrected chi connectivity index (χ1v) is 7.99. The predicted octanol–water partition coefficient (Wildman–Crippen LogP) is 1.19. The van der Waals surface area contributed by atoms with Crippen LogP contribution in [0.4, 0.5) is 0 Å². The molecule has 1 aromatic carbocycles. The van der Waals surface area contributed by atoms with Crippen LogP contribution in [-0.4, -0.2) is 25.5 Å². The first-order chi connectivity index (χ1) is 9.44. The summed E-state index contributed by atoms with van der Waals surface area (Å²) < 4.78 is 27.3. The summed E-state index contributed by atoms with van der Waals surface area (Å²) in [4.78, 5) is 0.239. The minimum Gasteiger partial charge on any atom is -0.409 e. The maximum absolute atomic E-state index is 12.3. The van der Waals surface area contributed by atoms with Gasteiger partial charge in [0.1, 0.15) is 5.84 Å². The normalized spacial score (nSPS) is 23.9. The highest BCUT2D eigenvalue weighted by atomic mass is 32.2. The molecule has 4 N–H and O–H groups in total. The van der Waals surface area contributed by atoms with E-state index >= 15 is 0 Å². The molecule has 7 heteroatoms. The summed E-state index contributed by atoms with van der Waals surface area (Å²) in [5.74, 6) is -0.168. The summed E-state index contributed by atoms with van der Waals surface area (Å²) in [6, 6.07) is 6.41. The van der Waals surface area contributed by atoms with Crippen LogP contribution in [0.15, 0.2) is 34.3 Å². The second-order valence-electron chi connectivity index (χ2n) is 5.11. The Morgan fingerprint density at radius 1 is 1.45 bits per heavy atom. The zero-order chi connectivity index (χ0) is 14.8. The summed E-state index contributed by atoms with van der Waals surface area (Å²) in [5, 5.41) is 11.7. The number of nitrogens with one attached hydrogen (secondary N) is 1. The number of nitrogens with two attached hydrogens (primary N) is 1.